The minimum Gasteiger partial charge on any atom is -0.496 e. The zero-order valence-electron chi connectivity index (χ0n) is 11.4. The lowest BCUT2D eigenvalue weighted by Crippen LogP contribution is -2.06. The predicted octanol–water partition coefficient (Wildman–Crippen LogP) is 3.04. The number of carbonyl (C=O) groups is 1. The third kappa shape index (κ3) is 2.69. The van der Waals surface area contributed by atoms with Crippen LogP contribution in [0.1, 0.15) is 11.1 Å². The Bertz CT molecular complexity index is 733. The fourth-order valence-corrected chi connectivity index (χ4v) is 2.05. The molecule has 21 heavy (non-hydrogen) atoms. The van der Waals surface area contributed by atoms with E-state index in [1.165, 1.54) is 0 Å². The molecule has 0 spiro atoms. The van der Waals surface area contributed by atoms with Crippen molar-refractivity contribution in [2.45, 2.75) is 0 Å². The van der Waals surface area contributed by atoms with E-state index in [2.05, 4.69) is 4.99 Å². The highest BCUT2D eigenvalue weighted by Gasteiger charge is 2.25. The number of carbonyl (C=O) groups excluding carboxylic acids is 1. The van der Waals surface area contributed by atoms with Crippen LogP contribution in [-0.4, -0.2) is 19.0 Å². The first-order chi connectivity index (χ1) is 10.3. The number of methoxy groups -OCH3 is 1. The fourth-order valence-electron chi connectivity index (χ4n) is 2.05. The van der Waals surface area contributed by atoms with Crippen molar-refractivity contribution in [3.05, 3.63) is 71.4 Å². The van der Waals surface area contributed by atoms with Crippen molar-refractivity contribution in [1.82, 2.24) is 0 Å². The molecule has 2 aromatic carbocycles. The van der Waals surface area contributed by atoms with E-state index in [1.807, 2.05) is 42.5 Å². The summed E-state index contributed by atoms with van der Waals surface area (Å²) < 4.78 is 10.5. The molecule has 1 aliphatic rings. The highest BCUT2D eigenvalue weighted by atomic mass is 16.6. The van der Waals surface area contributed by atoms with E-state index >= 15 is 0 Å². The summed E-state index contributed by atoms with van der Waals surface area (Å²) in [5.41, 5.74) is 1.83. The van der Waals surface area contributed by atoms with Gasteiger partial charge in [0.25, 0.3) is 0 Å². The maximum atomic E-state index is 11.9. The quantitative estimate of drug-likeness (QED) is 0.641. The van der Waals surface area contributed by atoms with Crippen molar-refractivity contribution in [3.8, 4) is 5.75 Å². The second kappa shape index (κ2) is 5.63. The van der Waals surface area contributed by atoms with Crippen LogP contribution in [0.25, 0.3) is 6.08 Å². The zero-order chi connectivity index (χ0) is 14.7. The number of nitrogens with zero attached hydrogens (tertiary/aromatic N) is 1. The first-order valence-electron chi connectivity index (χ1n) is 6.49. The first-order valence-corrected chi connectivity index (χ1v) is 6.49. The van der Waals surface area contributed by atoms with E-state index in [1.54, 1.807) is 25.3 Å². The molecule has 4 heteroatoms. The second-order valence-electron chi connectivity index (χ2n) is 4.45. The second-order valence-corrected chi connectivity index (χ2v) is 4.45. The molecule has 3 rings (SSSR count). The number of hydrogen-bond acceptors (Lipinski definition) is 4. The number of cyclic esters (lactones) is 1. The van der Waals surface area contributed by atoms with E-state index in [4.69, 9.17) is 9.47 Å². The summed E-state index contributed by atoms with van der Waals surface area (Å²) in [6.07, 6.45) is 1.70. The van der Waals surface area contributed by atoms with Crippen LogP contribution < -0.4 is 4.74 Å². The summed E-state index contributed by atoms with van der Waals surface area (Å²) in [6.45, 7) is 0. The predicted molar refractivity (Wildman–Crippen MR) is 80.0 cm³/mol. The van der Waals surface area contributed by atoms with E-state index in [-0.39, 0.29) is 11.6 Å². The van der Waals surface area contributed by atoms with E-state index in [0.29, 0.717) is 11.3 Å². The van der Waals surface area contributed by atoms with Gasteiger partial charge in [0.15, 0.2) is 5.70 Å². The van der Waals surface area contributed by atoms with Crippen molar-refractivity contribution < 1.29 is 14.3 Å². The molecule has 0 radical (unpaired) electrons. The lowest BCUT2D eigenvalue weighted by atomic mass is 10.2. The Morgan fingerprint density at radius 3 is 2.52 bits per heavy atom. The van der Waals surface area contributed by atoms with Crippen LogP contribution in [0, 0.1) is 0 Å². The third-order valence-corrected chi connectivity index (χ3v) is 3.06. The van der Waals surface area contributed by atoms with Gasteiger partial charge in [-0.05, 0) is 23.8 Å². The standard InChI is InChI=1S/C17H13NO3/c1-20-15-10-6-5-9-13(15)16-18-14(17(19)21-16)11-12-7-3-2-4-8-12/h2-11H,1H3/b14-11+. The van der Waals surface area contributed by atoms with Gasteiger partial charge in [-0.15, -0.1) is 0 Å². The maximum Gasteiger partial charge on any atom is 0.363 e. The van der Waals surface area contributed by atoms with Gasteiger partial charge in [-0.1, -0.05) is 42.5 Å². The highest BCUT2D eigenvalue weighted by molar-refractivity contribution is 6.13. The van der Waals surface area contributed by atoms with E-state index in [9.17, 15) is 4.79 Å². The molecule has 0 fully saturated rings. The van der Waals surface area contributed by atoms with Crippen LogP contribution in [0.5, 0.6) is 5.75 Å². The number of aliphatic imine (C=N–C) groups is 1. The maximum absolute atomic E-state index is 11.9. The van der Waals surface area contributed by atoms with Crippen LogP contribution in [-0.2, 0) is 9.53 Å². The lowest BCUT2D eigenvalue weighted by molar-refractivity contribution is -0.129. The molecule has 0 aromatic heterocycles. The highest BCUT2D eigenvalue weighted by Crippen LogP contribution is 2.24. The average Bonchev–Trinajstić information content (AvgIpc) is 2.89. The van der Waals surface area contributed by atoms with Crippen LogP contribution in [0.4, 0.5) is 0 Å². The molecule has 0 bridgehead atoms. The van der Waals surface area contributed by atoms with Crippen LogP contribution in [0.3, 0.4) is 0 Å². The minimum atomic E-state index is -0.459. The molecule has 104 valence electrons. The molecule has 0 unspecified atom stereocenters. The lowest BCUT2D eigenvalue weighted by Gasteiger charge is -2.05. The molecule has 0 atom stereocenters. The van der Waals surface area contributed by atoms with E-state index in [0.717, 1.165) is 5.56 Å². The van der Waals surface area contributed by atoms with Crippen molar-refractivity contribution in [1.29, 1.82) is 0 Å². The third-order valence-electron chi connectivity index (χ3n) is 3.06. The Hall–Kier alpha value is -2.88. The first kappa shape index (κ1) is 13.1. The largest absolute Gasteiger partial charge is 0.496 e. The molecule has 1 heterocycles. The summed E-state index contributed by atoms with van der Waals surface area (Å²) in [5.74, 6) is 0.421. The van der Waals surface area contributed by atoms with Crippen LogP contribution in [0.15, 0.2) is 65.3 Å². The fraction of sp³-hybridized carbons (Fsp3) is 0.0588. The monoisotopic (exact) mass is 279 g/mol. The molecule has 0 saturated heterocycles. The molecule has 2 aromatic rings. The Morgan fingerprint density at radius 2 is 1.76 bits per heavy atom. The van der Waals surface area contributed by atoms with Gasteiger partial charge in [0.05, 0.1) is 12.7 Å². The normalized spacial score (nSPS) is 15.8. The van der Waals surface area contributed by atoms with Crippen LogP contribution >= 0.6 is 0 Å². The van der Waals surface area contributed by atoms with Gasteiger partial charge in [-0.25, -0.2) is 9.79 Å². The number of esters is 1. The van der Waals surface area contributed by atoms with Crippen molar-refractivity contribution in [3.63, 3.8) is 0 Å². The Morgan fingerprint density at radius 1 is 1.05 bits per heavy atom. The molecule has 1 aliphatic heterocycles. The number of ether oxygens (including phenoxy) is 2. The number of para-hydroxylation sites is 1. The zero-order valence-corrected chi connectivity index (χ0v) is 11.4. The number of rotatable bonds is 3. The number of hydrogen-bond donors (Lipinski definition) is 0. The van der Waals surface area contributed by atoms with Gasteiger partial charge in [-0.2, -0.15) is 0 Å². The Balaban J connectivity index is 1.98. The Kier molecular flexibility index (Phi) is 3.51. The van der Waals surface area contributed by atoms with Gasteiger partial charge in [-0.3, -0.25) is 0 Å². The smallest absolute Gasteiger partial charge is 0.363 e. The number of benzene rings is 2. The SMILES string of the molecule is COc1ccccc1C1=N/C(=C/c2ccccc2)C(=O)O1. The molecular formula is C17H13NO3. The Labute approximate surface area is 122 Å². The average molecular weight is 279 g/mol. The molecule has 0 aliphatic carbocycles. The van der Waals surface area contributed by atoms with Crippen molar-refractivity contribution >= 4 is 17.9 Å². The minimum absolute atomic E-state index is 0.264. The summed E-state index contributed by atoms with van der Waals surface area (Å²) in [7, 11) is 1.57. The van der Waals surface area contributed by atoms with Gasteiger partial charge in [0.1, 0.15) is 5.75 Å². The topological polar surface area (TPSA) is 47.9 Å². The molecular weight excluding hydrogens is 266 g/mol. The molecule has 0 N–H and O–H groups in total. The van der Waals surface area contributed by atoms with E-state index < -0.39 is 5.97 Å². The van der Waals surface area contributed by atoms with Gasteiger partial charge in [0, 0.05) is 0 Å². The molecule has 4 nitrogen and oxygen atoms in total. The summed E-state index contributed by atoms with van der Waals surface area (Å²) >= 11 is 0. The van der Waals surface area contributed by atoms with Crippen LogP contribution in [0.2, 0.25) is 0 Å². The van der Waals surface area contributed by atoms with Gasteiger partial charge < -0.3 is 9.47 Å². The summed E-state index contributed by atoms with van der Waals surface area (Å²) in [6, 6.07) is 16.8. The van der Waals surface area contributed by atoms with Crippen molar-refractivity contribution in [2.24, 2.45) is 4.99 Å². The molecule has 0 amide bonds. The van der Waals surface area contributed by atoms with Gasteiger partial charge in [0.2, 0.25) is 5.90 Å². The van der Waals surface area contributed by atoms with Crippen molar-refractivity contribution in [2.75, 3.05) is 7.11 Å². The summed E-state index contributed by atoms with van der Waals surface area (Å²) in [5, 5.41) is 0. The molecule has 0 saturated carbocycles. The summed E-state index contributed by atoms with van der Waals surface area (Å²) in [4.78, 5) is 16.2. The van der Waals surface area contributed by atoms with Gasteiger partial charge >= 0.3 is 5.97 Å².